The molecule has 4 rings (SSSR count). The van der Waals surface area contributed by atoms with Gasteiger partial charge in [-0.3, -0.25) is 0 Å². The number of aryl methyl sites for hydroxylation is 1. The van der Waals surface area contributed by atoms with Gasteiger partial charge in [-0.2, -0.15) is 0 Å². The van der Waals surface area contributed by atoms with Gasteiger partial charge >= 0.3 is 0 Å². The highest BCUT2D eigenvalue weighted by molar-refractivity contribution is 5.38. The quantitative estimate of drug-likeness (QED) is 0.569. The maximum absolute atomic E-state index is 10.4. The summed E-state index contributed by atoms with van der Waals surface area (Å²) >= 11 is 0. The average molecular weight is 410 g/mol. The molecule has 3 aliphatic rings. The fourth-order valence-corrected chi connectivity index (χ4v) is 4.41. The number of hydrogen-bond acceptors (Lipinski definition) is 8. The van der Waals surface area contributed by atoms with Gasteiger partial charge in [-0.1, -0.05) is 12.1 Å². The second-order valence-electron chi connectivity index (χ2n) is 8.20. The summed E-state index contributed by atoms with van der Waals surface area (Å²) in [6.07, 6.45) is -2.63. The molecule has 0 bridgehead atoms. The van der Waals surface area contributed by atoms with E-state index in [0.29, 0.717) is 24.5 Å². The van der Waals surface area contributed by atoms with Crippen LogP contribution in [0, 0.1) is 6.92 Å². The van der Waals surface area contributed by atoms with Gasteiger partial charge in [-0.15, -0.1) is 0 Å². The van der Waals surface area contributed by atoms with E-state index >= 15 is 0 Å². The lowest BCUT2D eigenvalue weighted by molar-refractivity contribution is -0.231. The molecule has 29 heavy (non-hydrogen) atoms. The second-order valence-corrected chi connectivity index (χ2v) is 8.20. The van der Waals surface area contributed by atoms with Crippen molar-refractivity contribution in [2.75, 3.05) is 19.8 Å². The van der Waals surface area contributed by atoms with Gasteiger partial charge in [0.2, 0.25) is 0 Å². The Kier molecular flexibility index (Phi) is 6.13. The van der Waals surface area contributed by atoms with E-state index in [2.05, 4.69) is 0 Å². The molecule has 1 spiro atoms. The van der Waals surface area contributed by atoms with E-state index in [1.807, 2.05) is 13.0 Å². The molecule has 2 saturated heterocycles. The van der Waals surface area contributed by atoms with Gasteiger partial charge in [0.15, 0.2) is 5.79 Å². The Labute approximate surface area is 170 Å². The average Bonchev–Trinajstić information content (AvgIpc) is 3.18. The predicted octanol–water partition coefficient (Wildman–Crippen LogP) is 0.574. The normalized spacial score (nSPS) is 35.1. The van der Waals surface area contributed by atoms with E-state index in [1.165, 1.54) is 0 Å². The molecule has 1 aromatic carbocycles. The fourth-order valence-electron chi connectivity index (χ4n) is 4.41. The van der Waals surface area contributed by atoms with Gasteiger partial charge < -0.3 is 39.4 Å². The molecule has 4 N–H and O–H groups in total. The SMILES string of the molecule is Cc1ccc([C@@H]2O[C@H](CO)[C@@H](O)[C@H](O)[C@H]2O)cc1OC1CCC2(CC1)OCCO2. The molecule has 1 aliphatic carbocycles. The van der Waals surface area contributed by atoms with Crippen molar-refractivity contribution >= 4 is 0 Å². The first-order valence-corrected chi connectivity index (χ1v) is 10.3. The van der Waals surface area contributed by atoms with Crippen LogP contribution < -0.4 is 4.74 Å². The molecular formula is C21H30O8. The van der Waals surface area contributed by atoms with Gasteiger partial charge in [0.05, 0.1) is 25.9 Å². The summed E-state index contributed by atoms with van der Waals surface area (Å²) in [6.45, 7) is 2.78. The minimum atomic E-state index is -1.41. The number of aliphatic hydroxyl groups excluding tert-OH is 4. The van der Waals surface area contributed by atoms with E-state index < -0.39 is 42.9 Å². The van der Waals surface area contributed by atoms with Crippen LogP contribution in [0.1, 0.15) is 42.9 Å². The first kappa shape index (κ1) is 21.0. The third-order valence-corrected chi connectivity index (χ3v) is 6.23. The Balaban J connectivity index is 1.46. The molecule has 3 fully saturated rings. The number of hydrogen-bond donors (Lipinski definition) is 4. The van der Waals surface area contributed by atoms with Crippen LogP contribution in [0.2, 0.25) is 0 Å². The summed E-state index contributed by atoms with van der Waals surface area (Å²) in [5.41, 5.74) is 1.57. The van der Waals surface area contributed by atoms with Gasteiger partial charge in [-0.05, 0) is 37.0 Å². The van der Waals surface area contributed by atoms with Gasteiger partial charge in [0, 0.05) is 12.8 Å². The van der Waals surface area contributed by atoms with E-state index in [-0.39, 0.29) is 6.10 Å². The van der Waals surface area contributed by atoms with E-state index in [9.17, 15) is 20.4 Å². The number of benzene rings is 1. The molecule has 8 heteroatoms. The van der Waals surface area contributed by atoms with Crippen LogP contribution in [-0.2, 0) is 14.2 Å². The Morgan fingerprint density at radius 2 is 1.72 bits per heavy atom. The van der Waals surface area contributed by atoms with Crippen molar-refractivity contribution in [3.8, 4) is 5.75 Å². The second kappa shape index (κ2) is 8.47. The third kappa shape index (κ3) is 4.16. The Bertz CT molecular complexity index is 692. The van der Waals surface area contributed by atoms with Crippen molar-refractivity contribution < 1.29 is 39.4 Å². The van der Waals surface area contributed by atoms with Crippen molar-refractivity contribution in [2.45, 2.75) is 75.0 Å². The minimum absolute atomic E-state index is 0.0391. The van der Waals surface area contributed by atoms with Crippen LogP contribution in [-0.4, -0.2) is 76.6 Å². The van der Waals surface area contributed by atoms with Gasteiger partial charge in [0.1, 0.15) is 36.3 Å². The molecule has 0 unspecified atom stereocenters. The number of aliphatic hydroxyl groups is 4. The smallest absolute Gasteiger partial charge is 0.168 e. The van der Waals surface area contributed by atoms with E-state index in [0.717, 1.165) is 31.2 Å². The van der Waals surface area contributed by atoms with Crippen LogP contribution in [0.25, 0.3) is 0 Å². The molecular weight excluding hydrogens is 380 g/mol. The largest absolute Gasteiger partial charge is 0.490 e. The molecule has 5 atom stereocenters. The van der Waals surface area contributed by atoms with Crippen molar-refractivity contribution in [2.24, 2.45) is 0 Å². The molecule has 0 radical (unpaired) electrons. The highest BCUT2D eigenvalue weighted by Crippen LogP contribution is 2.39. The van der Waals surface area contributed by atoms with Gasteiger partial charge in [-0.25, -0.2) is 0 Å². The van der Waals surface area contributed by atoms with E-state index in [4.69, 9.17) is 18.9 Å². The predicted molar refractivity (Wildman–Crippen MR) is 101 cm³/mol. The van der Waals surface area contributed by atoms with Crippen molar-refractivity contribution in [3.05, 3.63) is 29.3 Å². The van der Waals surface area contributed by atoms with Crippen molar-refractivity contribution in [1.29, 1.82) is 0 Å². The Hall–Kier alpha value is -1.26. The lowest BCUT2D eigenvalue weighted by atomic mass is 9.90. The van der Waals surface area contributed by atoms with Crippen LogP contribution in [0.3, 0.4) is 0 Å². The highest BCUT2D eigenvalue weighted by atomic mass is 16.7. The van der Waals surface area contributed by atoms with Crippen molar-refractivity contribution in [3.63, 3.8) is 0 Å². The zero-order valence-corrected chi connectivity index (χ0v) is 16.6. The van der Waals surface area contributed by atoms with Crippen LogP contribution in [0.4, 0.5) is 0 Å². The molecule has 1 aromatic rings. The molecule has 8 nitrogen and oxygen atoms in total. The molecule has 2 aliphatic heterocycles. The van der Waals surface area contributed by atoms with Crippen LogP contribution >= 0.6 is 0 Å². The molecule has 1 saturated carbocycles. The minimum Gasteiger partial charge on any atom is -0.490 e. The lowest BCUT2D eigenvalue weighted by Crippen LogP contribution is -2.55. The molecule has 2 heterocycles. The summed E-state index contributed by atoms with van der Waals surface area (Å²) in [6, 6.07) is 5.47. The monoisotopic (exact) mass is 410 g/mol. The fraction of sp³-hybridized carbons (Fsp3) is 0.714. The Morgan fingerprint density at radius 1 is 1.03 bits per heavy atom. The Morgan fingerprint density at radius 3 is 2.38 bits per heavy atom. The molecule has 0 aromatic heterocycles. The van der Waals surface area contributed by atoms with Gasteiger partial charge in [0.25, 0.3) is 0 Å². The summed E-state index contributed by atoms with van der Waals surface area (Å²) in [5.74, 6) is 0.251. The number of ether oxygens (including phenoxy) is 4. The highest BCUT2D eigenvalue weighted by Gasteiger charge is 2.44. The summed E-state index contributed by atoms with van der Waals surface area (Å²) in [7, 11) is 0. The summed E-state index contributed by atoms with van der Waals surface area (Å²) in [4.78, 5) is 0. The maximum Gasteiger partial charge on any atom is 0.168 e. The topological polar surface area (TPSA) is 118 Å². The van der Waals surface area contributed by atoms with Crippen molar-refractivity contribution in [1.82, 2.24) is 0 Å². The first-order chi connectivity index (χ1) is 13.9. The number of rotatable bonds is 4. The zero-order chi connectivity index (χ0) is 20.6. The van der Waals surface area contributed by atoms with Crippen LogP contribution in [0.15, 0.2) is 18.2 Å². The first-order valence-electron chi connectivity index (χ1n) is 10.3. The third-order valence-electron chi connectivity index (χ3n) is 6.23. The standard InChI is InChI=1S/C21H30O8/c1-12-2-3-13(20-19(25)18(24)17(23)16(11-22)29-20)10-15(12)28-14-4-6-21(7-5-14)26-8-9-27-21/h2-3,10,14,16-20,22-25H,4-9,11H2,1H3/t16-,17-,18+,19-,20+/m1/s1. The molecule has 0 amide bonds. The zero-order valence-electron chi connectivity index (χ0n) is 16.6. The summed E-state index contributed by atoms with van der Waals surface area (Å²) in [5, 5.41) is 39.9. The van der Waals surface area contributed by atoms with Crippen LogP contribution in [0.5, 0.6) is 5.75 Å². The summed E-state index contributed by atoms with van der Waals surface area (Å²) < 4.78 is 23.4. The van der Waals surface area contributed by atoms with E-state index in [1.54, 1.807) is 12.1 Å². The maximum atomic E-state index is 10.4. The molecule has 162 valence electrons. The lowest BCUT2D eigenvalue weighted by Gasteiger charge is -2.40.